The lowest BCUT2D eigenvalue weighted by Crippen LogP contribution is -2.11. The smallest absolute Gasteiger partial charge is 0.161 e. The quantitative estimate of drug-likeness (QED) is 0.745. The highest BCUT2D eigenvalue weighted by Crippen LogP contribution is 2.41. The summed E-state index contributed by atoms with van der Waals surface area (Å²) < 4.78 is 13.1. The zero-order chi connectivity index (χ0) is 15.8. The molecule has 0 amide bonds. The first-order valence-electron chi connectivity index (χ1n) is 7.53. The maximum atomic E-state index is 5.47. The van der Waals surface area contributed by atoms with E-state index in [9.17, 15) is 0 Å². The van der Waals surface area contributed by atoms with Crippen molar-refractivity contribution in [3.63, 3.8) is 0 Å². The summed E-state index contributed by atoms with van der Waals surface area (Å²) in [6.07, 6.45) is 4.62. The molecule has 3 aromatic rings. The van der Waals surface area contributed by atoms with Gasteiger partial charge in [-0.3, -0.25) is 4.98 Å². The van der Waals surface area contributed by atoms with Crippen molar-refractivity contribution in [1.29, 1.82) is 0 Å². The van der Waals surface area contributed by atoms with E-state index in [1.54, 1.807) is 20.4 Å². The summed E-state index contributed by atoms with van der Waals surface area (Å²) in [5.41, 5.74) is 5.24. The third kappa shape index (κ3) is 2.16. The fourth-order valence-electron chi connectivity index (χ4n) is 3.11. The topological polar surface area (TPSA) is 49.2 Å². The number of methoxy groups -OCH3 is 2. The van der Waals surface area contributed by atoms with Gasteiger partial charge in [0.15, 0.2) is 11.5 Å². The predicted molar refractivity (Wildman–Crippen MR) is 87.7 cm³/mol. The van der Waals surface area contributed by atoms with Crippen molar-refractivity contribution < 1.29 is 9.47 Å². The number of rotatable bonds is 3. The second-order valence-electron chi connectivity index (χ2n) is 5.46. The second-order valence-corrected chi connectivity index (χ2v) is 5.46. The van der Waals surface area contributed by atoms with Crippen LogP contribution in [0.15, 0.2) is 42.9 Å². The van der Waals surface area contributed by atoms with E-state index >= 15 is 0 Å². The number of aromatic nitrogens is 3. The number of imidazole rings is 1. The molecule has 1 aliphatic rings. The molecule has 1 aliphatic heterocycles. The molecule has 4 rings (SSSR count). The number of fused-ring (bicyclic) bond motifs is 3. The molecular formula is C18H17N3O2. The molecule has 0 N–H and O–H groups in total. The minimum absolute atomic E-state index is 0.730. The fraction of sp³-hybridized carbons (Fsp3) is 0.222. The number of ether oxygens (including phenoxy) is 2. The van der Waals surface area contributed by atoms with Gasteiger partial charge in [0.1, 0.15) is 5.69 Å². The van der Waals surface area contributed by atoms with Crippen LogP contribution in [0.4, 0.5) is 0 Å². The predicted octanol–water partition coefficient (Wildman–Crippen LogP) is 3.19. The van der Waals surface area contributed by atoms with Gasteiger partial charge < -0.3 is 14.0 Å². The molecule has 0 unspecified atom stereocenters. The van der Waals surface area contributed by atoms with Crippen LogP contribution in [0.3, 0.4) is 0 Å². The Morgan fingerprint density at radius 2 is 1.87 bits per heavy atom. The van der Waals surface area contributed by atoms with E-state index in [-0.39, 0.29) is 0 Å². The van der Waals surface area contributed by atoms with Crippen molar-refractivity contribution in [2.24, 2.45) is 0 Å². The largest absolute Gasteiger partial charge is 0.493 e. The Morgan fingerprint density at radius 1 is 1.04 bits per heavy atom. The van der Waals surface area contributed by atoms with Crippen LogP contribution in [0.1, 0.15) is 5.56 Å². The first-order chi connectivity index (χ1) is 11.3. The molecule has 0 spiro atoms. The van der Waals surface area contributed by atoms with Gasteiger partial charge in [-0.25, -0.2) is 4.98 Å². The summed E-state index contributed by atoms with van der Waals surface area (Å²) in [6.45, 7) is 0.900. The van der Waals surface area contributed by atoms with Crippen LogP contribution >= 0.6 is 0 Å². The van der Waals surface area contributed by atoms with Gasteiger partial charge >= 0.3 is 0 Å². The minimum atomic E-state index is 0.730. The molecule has 0 aliphatic carbocycles. The summed E-state index contributed by atoms with van der Waals surface area (Å²) in [5.74, 6) is 1.49. The van der Waals surface area contributed by atoms with Crippen LogP contribution in [0.5, 0.6) is 11.5 Å². The SMILES string of the molecule is COc1cc2c(cc1OC)-c1c(-c3ccccn3)ncn1CC2. The first kappa shape index (κ1) is 13.8. The lowest BCUT2D eigenvalue weighted by Gasteiger charge is -2.21. The van der Waals surface area contributed by atoms with E-state index in [1.165, 1.54) is 5.56 Å². The molecular weight excluding hydrogens is 290 g/mol. The van der Waals surface area contributed by atoms with Crippen molar-refractivity contribution in [2.45, 2.75) is 13.0 Å². The van der Waals surface area contributed by atoms with E-state index in [0.717, 1.165) is 47.1 Å². The maximum absolute atomic E-state index is 5.47. The van der Waals surface area contributed by atoms with Crippen molar-refractivity contribution in [3.8, 4) is 34.1 Å². The molecule has 116 valence electrons. The van der Waals surface area contributed by atoms with Crippen LogP contribution in [-0.4, -0.2) is 28.8 Å². The summed E-state index contributed by atoms with van der Waals surface area (Å²) in [5, 5.41) is 0. The lowest BCUT2D eigenvalue weighted by atomic mass is 9.95. The van der Waals surface area contributed by atoms with E-state index < -0.39 is 0 Å². The minimum Gasteiger partial charge on any atom is -0.493 e. The number of hydrogen-bond acceptors (Lipinski definition) is 4. The van der Waals surface area contributed by atoms with Gasteiger partial charge in [-0.05, 0) is 36.2 Å². The molecule has 23 heavy (non-hydrogen) atoms. The Morgan fingerprint density at radius 3 is 2.61 bits per heavy atom. The molecule has 0 atom stereocenters. The Hall–Kier alpha value is -2.82. The van der Waals surface area contributed by atoms with Gasteiger partial charge in [0.25, 0.3) is 0 Å². The number of aryl methyl sites for hydroxylation is 2. The highest BCUT2D eigenvalue weighted by molar-refractivity contribution is 5.81. The molecule has 0 saturated heterocycles. The molecule has 2 aromatic heterocycles. The maximum Gasteiger partial charge on any atom is 0.161 e. The van der Waals surface area contributed by atoms with Crippen LogP contribution in [0.2, 0.25) is 0 Å². The van der Waals surface area contributed by atoms with Crippen molar-refractivity contribution in [3.05, 3.63) is 48.4 Å². The molecule has 1 aromatic carbocycles. The molecule has 0 bridgehead atoms. The fourth-order valence-corrected chi connectivity index (χ4v) is 3.11. The lowest BCUT2D eigenvalue weighted by molar-refractivity contribution is 0.354. The second kappa shape index (κ2) is 5.43. The third-order valence-corrected chi connectivity index (χ3v) is 4.23. The van der Waals surface area contributed by atoms with Gasteiger partial charge in [-0.15, -0.1) is 0 Å². The van der Waals surface area contributed by atoms with Gasteiger partial charge in [0, 0.05) is 18.3 Å². The molecule has 5 heteroatoms. The number of benzene rings is 1. The van der Waals surface area contributed by atoms with E-state index in [1.807, 2.05) is 30.6 Å². The third-order valence-electron chi connectivity index (χ3n) is 4.23. The standard InChI is InChI=1S/C18H17N3O2/c1-22-15-9-12-6-8-21-11-20-17(14-5-3-4-7-19-14)18(21)13(12)10-16(15)23-2/h3-5,7,9-11H,6,8H2,1-2H3. The van der Waals surface area contributed by atoms with Crippen molar-refractivity contribution >= 4 is 0 Å². The Kier molecular flexibility index (Phi) is 3.26. The molecule has 3 heterocycles. The van der Waals surface area contributed by atoms with Crippen LogP contribution in [0, 0.1) is 0 Å². The van der Waals surface area contributed by atoms with Crippen molar-refractivity contribution in [2.75, 3.05) is 14.2 Å². The number of nitrogens with zero attached hydrogens (tertiary/aromatic N) is 3. The molecule has 5 nitrogen and oxygen atoms in total. The zero-order valence-corrected chi connectivity index (χ0v) is 13.1. The summed E-state index contributed by atoms with van der Waals surface area (Å²) >= 11 is 0. The Bertz CT molecular complexity index is 856. The highest BCUT2D eigenvalue weighted by atomic mass is 16.5. The van der Waals surface area contributed by atoms with Crippen LogP contribution in [-0.2, 0) is 13.0 Å². The zero-order valence-electron chi connectivity index (χ0n) is 13.1. The highest BCUT2D eigenvalue weighted by Gasteiger charge is 2.24. The van der Waals surface area contributed by atoms with E-state index in [0.29, 0.717) is 0 Å². The van der Waals surface area contributed by atoms with E-state index in [2.05, 4.69) is 20.6 Å². The van der Waals surface area contributed by atoms with Gasteiger partial charge in [-0.2, -0.15) is 0 Å². The van der Waals surface area contributed by atoms with Crippen LogP contribution < -0.4 is 9.47 Å². The Balaban J connectivity index is 1.94. The van der Waals surface area contributed by atoms with E-state index in [4.69, 9.17) is 9.47 Å². The van der Waals surface area contributed by atoms with Gasteiger partial charge in [0.2, 0.25) is 0 Å². The number of pyridine rings is 1. The summed E-state index contributed by atoms with van der Waals surface area (Å²) in [7, 11) is 3.32. The molecule has 0 radical (unpaired) electrons. The average Bonchev–Trinajstić information content (AvgIpc) is 3.05. The summed E-state index contributed by atoms with van der Waals surface area (Å²) in [4.78, 5) is 9.04. The Labute approximate surface area is 134 Å². The van der Waals surface area contributed by atoms with Crippen LogP contribution in [0.25, 0.3) is 22.6 Å². The normalized spacial score (nSPS) is 12.4. The molecule has 0 saturated carbocycles. The number of hydrogen-bond donors (Lipinski definition) is 0. The van der Waals surface area contributed by atoms with Gasteiger partial charge in [-0.1, -0.05) is 6.07 Å². The van der Waals surface area contributed by atoms with Gasteiger partial charge in [0.05, 0.1) is 31.9 Å². The first-order valence-corrected chi connectivity index (χ1v) is 7.53. The molecule has 0 fully saturated rings. The monoisotopic (exact) mass is 307 g/mol. The average molecular weight is 307 g/mol. The summed E-state index contributed by atoms with van der Waals surface area (Å²) in [6, 6.07) is 9.97. The van der Waals surface area contributed by atoms with Crippen molar-refractivity contribution in [1.82, 2.24) is 14.5 Å².